The summed E-state index contributed by atoms with van der Waals surface area (Å²) >= 11 is 0. The van der Waals surface area contributed by atoms with E-state index in [2.05, 4.69) is 38.4 Å². The van der Waals surface area contributed by atoms with Gasteiger partial charge >= 0.3 is 23.5 Å². The molecule has 3 aromatic rings. The molecule has 2 unspecified atom stereocenters. The van der Waals surface area contributed by atoms with Crippen molar-refractivity contribution in [2.75, 3.05) is 11.9 Å². The molecule has 5 atom stereocenters. The highest BCUT2D eigenvalue weighted by Crippen LogP contribution is 2.66. The number of fused-ring (bicyclic) bond motifs is 1. The van der Waals surface area contributed by atoms with Crippen molar-refractivity contribution >= 4 is 40.6 Å². The van der Waals surface area contributed by atoms with Gasteiger partial charge in [-0.05, 0) is 5.56 Å². The van der Waals surface area contributed by atoms with Crippen molar-refractivity contribution < 1.29 is 61.0 Å². The highest BCUT2D eigenvalue weighted by Gasteiger charge is 2.44. The second-order valence-corrected chi connectivity index (χ2v) is 12.5. The van der Waals surface area contributed by atoms with Gasteiger partial charge in [0.15, 0.2) is 11.2 Å². The molecule has 23 heteroatoms. The molecule has 0 radical (unpaired) electrons. The Morgan fingerprint density at radius 1 is 1.12 bits per heavy atom. The van der Waals surface area contributed by atoms with Gasteiger partial charge in [-0.15, -0.1) is 4.99 Å². The molecular weight excluding hydrogens is 605 g/mol. The first-order chi connectivity index (χ1) is 18.8. The Labute approximate surface area is 223 Å². The summed E-state index contributed by atoms with van der Waals surface area (Å²) in [6.07, 6.45) is -2.00. The van der Waals surface area contributed by atoms with Crippen LogP contribution in [-0.2, 0) is 48.0 Å². The zero-order chi connectivity index (χ0) is 29.1. The molecule has 220 valence electrons. The number of nitrogens with two attached hydrogens (primary N) is 1. The SMILES string of the molecule is NOO[C@H]1C[C@H](n2cnc3c(=O)[nH]c(NCc4ccccc4)nc32)O[C@@H]1COP(=O)(O)OP(=O)(O)OP(=O)(O)O. The van der Waals surface area contributed by atoms with Crippen LogP contribution in [0.5, 0.6) is 0 Å². The van der Waals surface area contributed by atoms with Crippen LogP contribution in [-0.4, -0.2) is 57.9 Å². The molecule has 4 rings (SSSR count). The van der Waals surface area contributed by atoms with Crippen molar-refractivity contribution in [1.29, 1.82) is 0 Å². The molecule has 1 aliphatic rings. The first-order valence-electron chi connectivity index (χ1n) is 11.0. The summed E-state index contributed by atoms with van der Waals surface area (Å²) < 4.78 is 53.5. The maximum absolute atomic E-state index is 12.6. The van der Waals surface area contributed by atoms with Gasteiger partial charge in [0.2, 0.25) is 5.95 Å². The van der Waals surface area contributed by atoms with Gasteiger partial charge in [-0.1, -0.05) is 30.3 Å². The zero-order valence-corrected chi connectivity index (χ0v) is 22.6. The second-order valence-electron chi connectivity index (χ2n) is 8.06. The van der Waals surface area contributed by atoms with Gasteiger partial charge in [0.05, 0.1) is 12.9 Å². The van der Waals surface area contributed by atoms with Crippen LogP contribution in [0.2, 0.25) is 0 Å². The second kappa shape index (κ2) is 12.2. The number of hydrogen-bond donors (Lipinski definition) is 7. The average molecular weight is 628 g/mol. The van der Waals surface area contributed by atoms with Gasteiger partial charge in [-0.3, -0.25) is 18.9 Å². The number of hydrogen-bond acceptors (Lipinski definition) is 14. The van der Waals surface area contributed by atoms with E-state index < -0.39 is 54.1 Å². The first-order valence-corrected chi connectivity index (χ1v) is 15.5. The molecule has 1 saturated heterocycles. The van der Waals surface area contributed by atoms with Crippen LogP contribution >= 0.6 is 23.5 Å². The van der Waals surface area contributed by atoms with Crippen LogP contribution in [0.25, 0.3) is 11.2 Å². The Kier molecular flexibility index (Phi) is 9.35. The predicted molar refractivity (Wildman–Crippen MR) is 130 cm³/mol. The van der Waals surface area contributed by atoms with Gasteiger partial charge in [0, 0.05) is 13.0 Å². The smallest absolute Gasteiger partial charge is 0.352 e. The van der Waals surface area contributed by atoms with Crippen molar-refractivity contribution in [1.82, 2.24) is 19.5 Å². The van der Waals surface area contributed by atoms with E-state index in [1.807, 2.05) is 30.3 Å². The summed E-state index contributed by atoms with van der Waals surface area (Å²) in [5.74, 6) is 5.12. The van der Waals surface area contributed by atoms with Crippen LogP contribution in [0.1, 0.15) is 18.2 Å². The van der Waals surface area contributed by atoms with E-state index in [-0.39, 0.29) is 23.5 Å². The lowest BCUT2D eigenvalue weighted by Gasteiger charge is -2.20. The highest BCUT2D eigenvalue weighted by molar-refractivity contribution is 7.66. The monoisotopic (exact) mass is 628 g/mol. The Bertz CT molecular complexity index is 1530. The summed E-state index contributed by atoms with van der Waals surface area (Å²) in [5, 5.41) is 3.00. The third-order valence-electron chi connectivity index (χ3n) is 5.22. The largest absolute Gasteiger partial charge is 0.490 e. The van der Waals surface area contributed by atoms with Crippen LogP contribution in [0.4, 0.5) is 5.95 Å². The lowest BCUT2D eigenvalue weighted by atomic mass is 10.2. The number of aromatic amines is 1. The number of benzene rings is 1. The maximum atomic E-state index is 12.6. The molecule has 0 aliphatic carbocycles. The van der Waals surface area contributed by atoms with Crippen LogP contribution in [0, 0.1) is 0 Å². The van der Waals surface area contributed by atoms with E-state index in [0.717, 1.165) is 5.56 Å². The topological polar surface area (TPSA) is 289 Å². The molecule has 0 saturated carbocycles. The summed E-state index contributed by atoms with van der Waals surface area (Å²) in [5.41, 5.74) is 0.487. The van der Waals surface area contributed by atoms with Crippen LogP contribution < -0.4 is 16.8 Å². The van der Waals surface area contributed by atoms with Gasteiger partial charge < -0.3 is 29.6 Å². The van der Waals surface area contributed by atoms with Crippen molar-refractivity contribution in [3.63, 3.8) is 0 Å². The number of anilines is 1. The fourth-order valence-corrected chi connectivity index (χ4v) is 6.70. The normalized spacial score (nSPS) is 22.7. The Hall–Kier alpha value is -2.38. The number of rotatable bonds is 13. The Balaban J connectivity index is 1.48. The zero-order valence-electron chi connectivity index (χ0n) is 19.9. The van der Waals surface area contributed by atoms with Crippen molar-refractivity contribution in [2.45, 2.75) is 31.4 Å². The average Bonchev–Trinajstić information content (AvgIpc) is 3.44. The van der Waals surface area contributed by atoms with E-state index in [1.54, 1.807) is 0 Å². The van der Waals surface area contributed by atoms with Crippen molar-refractivity contribution in [2.24, 2.45) is 5.90 Å². The molecule has 0 bridgehead atoms. The predicted octanol–water partition coefficient (Wildman–Crippen LogP) is 0.553. The molecule has 1 aromatic carbocycles. The van der Waals surface area contributed by atoms with E-state index in [4.69, 9.17) is 25.3 Å². The first kappa shape index (κ1) is 30.6. The third-order valence-corrected chi connectivity index (χ3v) is 9.03. The molecule has 3 heterocycles. The van der Waals surface area contributed by atoms with Crippen molar-refractivity contribution in [3.8, 4) is 0 Å². The van der Waals surface area contributed by atoms with Gasteiger partial charge in [-0.25, -0.2) is 23.6 Å². The standard InChI is InChI=1S/C17H23N6O14P3/c18-35-34-11-6-13(33-12(11)8-32-39(28,29)37-40(30,31)36-38(25,26)27)23-9-20-14-15(23)21-17(22-16(14)24)19-7-10-4-2-1-3-5-10/h1-5,9,11-13H,6-8,18H2,(H,28,29)(H,30,31)(H2,25,26,27)(H2,19,21,22,24)/t11-,12+,13+/m0/s1. The fourth-order valence-electron chi connectivity index (χ4n) is 3.67. The molecule has 0 spiro atoms. The lowest BCUT2D eigenvalue weighted by Crippen LogP contribution is -2.30. The number of nitrogens with zero attached hydrogens (tertiary/aromatic N) is 3. The van der Waals surface area contributed by atoms with E-state index in [0.29, 0.717) is 6.54 Å². The minimum absolute atomic E-state index is 0.0156. The molecule has 40 heavy (non-hydrogen) atoms. The number of phosphoric acid groups is 3. The minimum Gasteiger partial charge on any atom is -0.352 e. The van der Waals surface area contributed by atoms with Crippen molar-refractivity contribution in [3.05, 3.63) is 52.6 Å². The van der Waals surface area contributed by atoms with Gasteiger partial charge in [0.25, 0.3) is 5.56 Å². The van der Waals surface area contributed by atoms with Gasteiger partial charge in [-0.2, -0.15) is 19.5 Å². The lowest BCUT2D eigenvalue weighted by molar-refractivity contribution is -0.335. The fraction of sp³-hybridized carbons (Fsp3) is 0.353. The summed E-state index contributed by atoms with van der Waals surface area (Å²) in [7, 11) is -16.7. The number of nitrogens with one attached hydrogen (secondary N) is 2. The molecule has 1 fully saturated rings. The molecule has 8 N–H and O–H groups in total. The summed E-state index contributed by atoms with van der Waals surface area (Å²) in [6, 6.07) is 9.32. The number of ether oxygens (including phenoxy) is 1. The number of aromatic nitrogens is 4. The number of H-pyrrole nitrogens is 1. The quantitative estimate of drug-likeness (QED) is 0.0772. The van der Waals surface area contributed by atoms with E-state index >= 15 is 0 Å². The highest BCUT2D eigenvalue weighted by atomic mass is 31.3. The maximum Gasteiger partial charge on any atom is 0.490 e. The number of imidazole rings is 1. The molecular formula is C17H23N6O14P3. The van der Waals surface area contributed by atoms with Crippen LogP contribution in [0.3, 0.4) is 0 Å². The third kappa shape index (κ3) is 8.10. The van der Waals surface area contributed by atoms with E-state index in [1.165, 1.54) is 10.9 Å². The van der Waals surface area contributed by atoms with Gasteiger partial charge in [0.1, 0.15) is 18.4 Å². The van der Waals surface area contributed by atoms with Crippen LogP contribution in [0.15, 0.2) is 41.5 Å². The van der Waals surface area contributed by atoms with E-state index in [9.17, 15) is 28.3 Å². The Morgan fingerprint density at radius 3 is 2.52 bits per heavy atom. The molecule has 0 amide bonds. The number of phosphoric ester groups is 1. The minimum atomic E-state index is -5.72. The summed E-state index contributed by atoms with van der Waals surface area (Å²) in [4.78, 5) is 69.0. The summed E-state index contributed by atoms with van der Waals surface area (Å²) in [6.45, 7) is -0.478. The Morgan fingerprint density at radius 2 is 1.85 bits per heavy atom. The molecule has 2 aromatic heterocycles. The molecule has 20 nitrogen and oxygen atoms in total. The molecule has 1 aliphatic heterocycles.